The van der Waals surface area contributed by atoms with Crippen LogP contribution in [0.2, 0.25) is 5.02 Å². The van der Waals surface area contributed by atoms with Gasteiger partial charge in [-0.2, -0.15) is 0 Å². The number of nitrogens with one attached hydrogen (secondary N) is 1. The van der Waals surface area contributed by atoms with Crippen molar-refractivity contribution in [3.8, 4) is 0 Å². The molecule has 3 rings (SSSR count). The van der Waals surface area contributed by atoms with Crippen molar-refractivity contribution in [1.29, 1.82) is 0 Å². The van der Waals surface area contributed by atoms with Crippen molar-refractivity contribution in [1.82, 2.24) is 4.90 Å². The standard InChI is InChI=1S/C22H21ClN2O3S2/c1-2-25(16-18-6-5-15-29-18)22(26)14-11-17-9-12-19(13-10-17)30(27,28)24-21-8-4-3-7-20(21)23/h3-15,24H,2,16H2,1H3. The minimum Gasteiger partial charge on any atom is -0.334 e. The molecule has 0 bridgehead atoms. The molecule has 156 valence electrons. The Hall–Kier alpha value is -2.61. The number of anilines is 1. The molecule has 0 aliphatic heterocycles. The molecule has 0 unspecified atom stereocenters. The van der Waals surface area contributed by atoms with Crippen molar-refractivity contribution >= 4 is 50.6 Å². The molecule has 30 heavy (non-hydrogen) atoms. The van der Waals surface area contributed by atoms with Crippen LogP contribution in [-0.2, 0) is 21.4 Å². The molecule has 0 atom stereocenters. The van der Waals surface area contributed by atoms with E-state index in [9.17, 15) is 13.2 Å². The second-order valence-corrected chi connectivity index (χ2v) is 9.54. The van der Waals surface area contributed by atoms with Gasteiger partial charge in [-0.25, -0.2) is 8.42 Å². The highest BCUT2D eigenvalue weighted by atomic mass is 35.5. The van der Waals surface area contributed by atoms with Crippen LogP contribution in [0.1, 0.15) is 17.4 Å². The van der Waals surface area contributed by atoms with Gasteiger partial charge >= 0.3 is 0 Å². The average molecular weight is 461 g/mol. The highest BCUT2D eigenvalue weighted by Crippen LogP contribution is 2.24. The topological polar surface area (TPSA) is 66.5 Å². The summed E-state index contributed by atoms with van der Waals surface area (Å²) in [6.45, 7) is 3.11. The summed E-state index contributed by atoms with van der Waals surface area (Å²) in [7, 11) is -3.76. The Morgan fingerprint density at radius 3 is 2.47 bits per heavy atom. The lowest BCUT2D eigenvalue weighted by molar-refractivity contribution is -0.126. The molecule has 0 fully saturated rings. The first-order chi connectivity index (χ1) is 14.4. The second-order valence-electron chi connectivity index (χ2n) is 6.42. The number of thiophene rings is 1. The van der Waals surface area contributed by atoms with Gasteiger partial charge in [-0.3, -0.25) is 9.52 Å². The van der Waals surface area contributed by atoms with Crippen LogP contribution in [0.25, 0.3) is 6.08 Å². The summed E-state index contributed by atoms with van der Waals surface area (Å²) < 4.78 is 27.6. The number of nitrogens with zero attached hydrogens (tertiary/aromatic N) is 1. The van der Waals surface area contributed by atoms with E-state index in [1.54, 1.807) is 58.7 Å². The molecule has 1 heterocycles. The second kappa shape index (κ2) is 9.93. The summed E-state index contributed by atoms with van der Waals surface area (Å²) in [5.74, 6) is -0.0945. The van der Waals surface area contributed by atoms with E-state index in [4.69, 9.17) is 11.6 Å². The number of halogens is 1. The third-order valence-corrected chi connectivity index (χ3v) is 6.92. The summed E-state index contributed by atoms with van der Waals surface area (Å²) in [4.78, 5) is 15.4. The van der Waals surface area contributed by atoms with Crippen LogP contribution < -0.4 is 4.72 Å². The minimum atomic E-state index is -3.76. The molecule has 1 aromatic heterocycles. The Bertz CT molecular complexity index is 1130. The van der Waals surface area contributed by atoms with Gasteiger partial charge in [0, 0.05) is 17.5 Å². The van der Waals surface area contributed by atoms with Crippen LogP contribution in [0.4, 0.5) is 5.69 Å². The number of rotatable bonds is 8. The molecule has 5 nitrogen and oxygen atoms in total. The third kappa shape index (κ3) is 5.72. The van der Waals surface area contributed by atoms with Gasteiger partial charge in [-0.15, -0.1) is 11.3 Å². The van der Waals surface area contributed by atoms with Crippen LogP contribution in [0, 0.1) is 0 Å². The lowest BCUT2D eigenvalue weighted by atomic mass is 10.2. The zero-order valence-corrected chi connectivity index (χ0v) is 18.7. The number of amides is 1. The van der Waals surface area contributed by atoms with Crippen molar-refractivity contribution in [3.63, 3.8) is 0 Å². The smallest absolute Gasteiger partial charge is 0.261 e. The molecule has 0 aliphatic rings. The molecule has 0 spiro atoms. The van der Waals surface area contributed by atoms with Crippen molar-refractivity contribution in [3.05, 3.63) is 87.6 Å². The van der Waals surface area contributed by atoms with Gasteiger partial charge in [0.2, 0.25) is 5.91 Å². The molecule has 0 saturated heterocycles. The lowest BCUT2D eigenvalue weighted by Crippen LogP contribution is -2.28. The monoisotopic (exact) mass is 460 g/mol. The first-order valence-corrected chi connectivity index (χ1v) is 12.0. The highest BCUT2D eigenvalue weighted by molar-refractivity contribution is 7.92. The molecule has 1 N–H and O–H groups in total. The van der Waals surface area contributed by atoms with E-state index in [0.717, 1.165) is 10.4 Å². The summed E-state index contributed by atoms with van der Waals surface area (Å²) in [6, 6.07) is 16.9. The van der Waals surface area contributed by atoms with E-state index in [2.05, 4.69) is 4.72 Å². The maximum absolute atomic E-state index is 12.6. The van der Waals surface area contributed by atoms with Gasteiger partial charge in [-0.1, -0.05) is 41.9 Å². The number of carbonyl (C=O) groups excluding carboxylic acids is 1. The molecule has 3 aromatic rings. The van der Waals surface area contributed by atoms with E-state index in [1.807, 2.05) is 24.4 Å². The average Bonchev–Trinajstić information content (AvgIpc) is 3.25. The van der Waals surface area contributed by atoms with E-state index >= 15 is 0 Å². The summed E-state index contributed by atoms with van der Waals surface area (Å²) in [5, 5.41) is 2.31. The van der Waals surface area contributed by atoms with Gasteiger partial charge in [0.05, 0.1) is 22.2 Å². The first-order valence-electron chi connectivity index (χ1n) is 9.26. The van der Waals surface area contributed by atoms with Gasteiger partial charge in [-0.05, 0) is 54.3 Å². The van der Waals surface area contributed by atoms with Crippen LogP contribution in [0.15, 0.2) is 77.0 Å². The Labute approximate surface area is 185 Å². The summed E-state index contributed by atoms with van der Waals surface area (Å²) >= 11 is 7.64. The normalized spacial score (nSPS) is 11.5. The number of benzene rings is 2. The number of para-hydroxylation sites is 1. The lowest BCUT2D eigenvalue weighted by Gasteiger charge is -2.18. The van der Waals surface area contributed by atoms with Crippen LogP contribution >= 0.6 is 22.9 Å². The third-order valence-electron chi connectivity index (χ3n) is 4.35. The summed E-state index contributed by atoms with van der Waals surface area (Å²) in [6.07, 6.45) is 3.18. The highest BCUT2D eigenvalue weighted by Gasteiger charge is 2.15. The Kier molecular flexibility index (Phi) is 7.31. The van der Waals surface area contributed by atoms with Gasteiger partial charge in [0.1, 0.15) is 0 Å². The number of carbonyl (C=O) groups is 1. The van der Waals surface area contributed by atoms with E-state index < -0.39 is 10.0 Å². The van der Waals surface area contributed by atoms with Gasteiger partial charge < -0.3 is 4.90 Å². The SMILES string of the molecule is CCN(Cc1cccs1)C(=O)C=Cc1ccc(S(=O)(=O)Nc2ccccc2Cl)cc1. The maximum atomic E-state index is 12.6. The fourth-order valence-electron chi connectivity index (χ4n) is 2.71. The number of hydrogen-bond donors (Lipinski definition) is 1. The molecular formula is C22H21ClN2O3S2. The predicted octanol–water partition coefficient (Wildman–Crippen LogP) is 5.26. The predicted molar refractivity (Wildman–Crippen MR) is 123 cm³/mol. The Balaban J connectivity index is 1.67. The molecule has 0 aliphatic carbocycles. The fourth-order valence-corrected chi connectivity index (χ4v) is 4.75. The Morgan fingerprint density at radius 1 is 1.10 bits per heavy atom. The molecule has 0 saturated carbocycles. The fraction of sp³-hybridized carbons (Fsp3) is 0.136. The van der Waals surface area contributed by atoms with E-state index in [0.29, 0.717) is 23.8 Å². The molecular weight excluding hydrogens is 440 g/mol. The first kappa shape index (κ1) is 22.1. The van der Waals surface area contributed by atoms with Crippen LogP contribution in [0.3, 0.4) is 0 Å². The number of sulfonamides is 1. The van der Waals surface area contributed by atoms with E-state index in [1.165, 1.54) is 18.2 Å². The van der Waals surface area contributed by atoms with Crippen molar-refractivity contribution in [2.45, 2.75) is 18.4 Å². The van der Waals surface area contributed by atoms with Crippen LogP contribution in [-0.4, -0.2) is 25.8 Å². The quantitative estimate of drug-likeness (QED) is 0.466. The Morgan fingerprint density at radius 2 is 1.83 bits per heavy atom. The van der Waals surface area contributed by atoms with Crippen molar-refractivity contribution in [2.24, 2.45) is 0 Å². The van der Waals surface area contributed by atoms with Crippen molar-refractivity contribution < 1.29 is 13.2 Å². The molecule has 8 heteroatoms. The zero-order chi connectivity index (χ0) is 21.6. The largest absolute Gasteiger partial charge is 0.334 e. The van der Waals surface area contributed by atoms with Crippen LogP contribution in [0.5, 0.6) is 0 Å². The molecule has 2 aromatic carbocycles. The maximum Gasteiger partial charge on any atom is 0.261 e. The number of likely N-dealkylation sites (N-methyl/N-ethyl adjacent to an activating group) is 1. The number of hydrogen-bond acceptors (Lipinski definition) is 4. The minimum absolute atomic E-state index is 0.0945. The summed E-state index contributed by atoms with van der Waals surface area (Å²) in [5.41, 5.74) is 1.05. The van der Waals surface area contributed by atoms with Gasteiger partial charge in [0.15, 0.2) is 0 Å². The van der Waals surface area contributed by atoms with Gasteiger partial charge in [0.25, 0.3) is 10.0 Å². The molecule has 1 amide bonds. The van der Waals surface area contributed by atoms with Crippen molar-refractivity contribution in [2.75, 3.05) is 11.3 Å². The van der Waals surface area contributed by atoms with E-state index in [-0.39, 0.29) is 10.8 Å². The zero-order valence-electron chi connectivity index (χ0n) is 16.3. The molecule has 0 radical (unpaired) electrons.